The van der Waals surface area contributed by atoms with Crippen LogP contribution in [0.3, 0.4) is 0 Å². The molecule has 0 saturated carbocycles. The first-order chi connectivity index (χ1) is 8.16. The fraction of sp³-hybridized carbons (Fsp3) is 0.273. The Hall–Kier alpha value is -1.82. The average Bonchev–Trinajstić information content (AvgIpc) is 2.91. The lowest BCUT2D eigenvalue weighted by molar-refractivity contribution is 0.596. The molecule has 88 valence electrons. The van der Waals surface area contributed by atoms with Crippen molar-refractivity contribution in [3.63, 3.8) is 0 Å². The van der Waals surface area contributed by atoms with E-state index in [1.807, 2.05) is 10.6 Å². The number of nitrogens with zero attached hydrogens (tertiary/aromatic N) is 3. The molecule has 2 N–H and O–H groups in total. The van der Waals surface area contributed by atoms with Gasteiger partial charge in [0.05, 0.1) is 16.9 Å². The predicted molar refractivity (Wildman–Crippen MR) is 67.1 cm³/mol. The number of aromatic nitrogens is 3. The molecule has 5 nitrogen and oxygen atoms in total. The third-order valence-corrected chi connectivity index (χ3v) is 3.74. The van der Waals surface area contributed by atoms with Crippen molar-refractivity contribution >= 4 is 22.2 Å². The zero-order valence-corrected chi connectivity index (χ0v) is 10.4. The van der Waals surface area contributed by atoms with Gasteiger partial charge in [-0.05, 0) is 0 Å². The molecule has 0 aromatic carbocycles. The molecule has 0 fully saturated rings. The monoisotopic (exact) mass is 248 g/mol. The number of imidazole rings is 1. The lowest BCUT2D eigenvalue weighted by atomic mass is 10.2. The van der Waals surface area contributed by atoms with Crippen molar-refractivity contribution in [2.24, 2.45) is 0 Å². The summed E-state index contributed by atoms with van der Waals surface area (Å²) >= 11 is 1.53. The van der Waals surface area contributed by atoms with E-state index in [0.717, 1.165) is 21.4 Å². The van der Waals surface area contributed by atoms with E-state index in [1.165, 1.54) is 11.3 Å². The summed E-state index contributed by atoms with van der Waals surface area (Å²) in [5.74, 6) is 0.933. The van der Waals surface area contributed by atoms with Gasteiger partial charge in [-0.2, -0.15) is 0 Å². The highest BCUT2D eigenvalue weighted by molar-refractivity contribution is 7.16. The lowest BCUT2D eigenvalue weighted by Crippen LogP contribution is -1.90. The summed E-state index contributed by atoms with van der Waals surface area (Å²) in [6.45, 7) is 4.21. The van der Waals surface area contributed by atoms with Crippen LogP contribution in [0.15, 0.2) is 23.1 Å². The van der Waals surface area contributed by atoms with Crippen molar-refractivity contribution in [3.8, 4) is 11.4 Å². The summed E-state index contributed by atoms with van der Waals surface area (Å²) in [5.41, 5.74) is 7.67. The van der Waals surface area contributed by atoms with Crippen molar-refractivity contribution in [1.29, 1.82) is 0 Å². The highest BCUT2D eigenvalue weighted by Gasteiger charge is 2.16. The summed E-state index contributed by atoms with van der Waals surface area (Å²) in [5, 5.41) is 1.76. The van der Waals surface area contributed by atoms with Gasteiger partial charge in [0, 0.05) is 12.1 Å². The third kappa shape index (κ3) is 1.52. The average molecular weight is 248 g/mol. The van der Waals surface area contributed by atoms with Gasteiger partial charge in [0.25, 0.3) is 0 Å². The van der Waals surface area contributed by atoms with Crippen LogP contribution in [0, 0.1) is 0 Å². The molecule has 17 heavy (non-hydrogen) atoms. The number of hydrogen-bond acceptors (Lipinski definition) is 5. The van der Waals surface area contributed by atoms with Gasteiger partial charge in [0.1, 0.15) is 17.0 Å². The second-order valence-corrected chi connectivity index (χ2v) is 5.18. The zero-order valence-electron chi connectivity index (χ0n) is 9.54. The molecule has 0 amide bonds. The summed E-state index contributed by atoms with van der Waals surface area (Å²) in [7, 11) is 0. The molecule has 0 aliphatic rings. The Morgan fingerprint density at radius 2 is 2.29 bits per heavy atom. The molecular formula is C11H12N4OS. The van der Waals surface area contributed by atoms with Gasteiger partial charge in [-0.25, -0.2) is 9.97 Å². The van der Waals surface area contributed by atoms with Gasteiger partial charge >= 0.3 is 5.84 Å². The van der Waals surface area contributed by atoms with Gasteiger partial charge < -0.3 is 10.2 Å². The molecule has 3 heterocycles. The van der Waals surface area contributed by atoms with Gasteiger partial charge in [-0.15, -0.1) is 11.3 Å². The molecule has 0 atom stereocenters. The number of anilines is 1. The SMILES string of the molecule is CC(C)c1nc(-c2cnc3occn23)c(N)s1. The van der Waals surface area contributed by atoms with Crippen LogP contribution in [-0.2, 0) is 0 Å². The van der Waals surface area contributed by atoms with Crippen LogP contribution in [0.1, 0.15) is 24.8 Å². The summed E-state index contributed by atoms with van der Waals surface area (Å²) in [6.07, 6.45) is 5.14. The summed E-state index contributed by atoms with van der Waals surface area (Å²) in [6, 6.07) is 0. The van der Waals surface area contributed by atoms with Gasteiger partial charge in [-0.3, -0.25) is 4.40 Å². The van der Waals surface area contributed by atoms with Crippen LogP contribution in [0.4, 0.5) is 5.00 Å². The lowest BCUT2D eigenvalue weighted by Gasteiger charge is -1.96. The van der Waals surface area contributed by atoms with Gasteiger partial charge in [0.15, 0.2) is 0 Å². The second kappa shape index (κ2) is 3.59. The van der Waals surface area contributed by atoms with Crippen molar-refractivity contribution in [3.05, 3.63) is 23.7 Å². The standard InChI is InChI=1S/C11H12N4OS/c1-6(2)10-14-8(9(12)17-10)7-5-13-11-15(7)3-4-16-11/h3-6H,12H2,1-2H3. The maximum Gasteiger partial charge on any atom is 0.306 e. The Morgan fingerprint density at radius 1 is 1.47 bits per heavy atom. The Bertz CT molecular complexity index is 664. The maximum atomic E-state index is 6.01. The fourth-order valence-corrected chi connectivity index (χ4v) is 2.53. The van der Waals surface area contributed by atoms with E-state index in [9.17, 15) is 0 Å². The van der Waals surface area contributed by atoms with Gasteiger partial charge in [0.2, 0.25) is 0 Å². The molecule has 3 rings (SSSR count). The molecule has 3 aromatic heterocycles. The minimum Gasteiger partial charge on any atom is -0.432 e. The van der Waals surface area contributed by atoms with Crippen LogP contribution in [0.25, 0.3) is 17.2 Å². The first-order valence-corrected chi connectivity index (χ1v) is 6.15. The van der Waals surface area contributed by atoms with E-state index in [-0.39, 0.29) is 0 Å². The molecule has 0 radical (unpaired) electrons. The van der Waals surface area contributed by atoms with Crippen molar-refractivity contribution in [2.75, 3.05) is 5.73 Å². The van der Waals surface area contributed by atoms with E-state index < -0.39 is 0 Å². The Balaban J connectivity index is 2.19. The van der Waals surface area contributed by atoms with Crippen LogP contribution >= 0.6 is 11.3 Å². The zero-order chi connectivity index (χ0) is 12.0. The van der Waals surface area contributed by atoms with Crippen molar-refractivity contribution in [2.45, 2.75) is 19.8 Å². The Labute approximate surface area is 102 Å². The number of hydrogen-bond donors (Lipinski definition) is 1. The smallest absolute Gasteiger partial charge is 0.306 e. The first-order valence-electron chi connectivity index (χ1n) is 5.34. The fourth-order valence-electron chi connectivity index (χ4n) is 1.68. The second-order valence-electron chi connectivity index (χ2n) is 4.12. The highest BCUT2D eigenvalue weighted by Crippen LogP contribution is 2.33. The molecule has 6 heteroatoms. The molecule has 0 aliphatic heterocycles. The highest BCUT2D eigenvalue weighted by atomic mass is 32.1. The Morgan fingerprint density at radius 3 is 3.00 bits per heavy atom. The first kappa shape index (κ1) is 10.3. The van der Waals surface area contributed by atoms with Crippen molar-refractivity contribution < 1.29 is 4.42 Å². The molecular weight excluding hydrogens is 236 g/mol. The van der Waals surface area contributed by atoms with Crippen molar-refractivity contribution in [1.82, 2.24) is 14.4 Å². The number of fused-ring (bicyclic) bond motifs is 1. The summed E-state index contributed by atoms with van der Waals surface area (Å²) in [4.78, 5) is 8.73. The quantitative estimate of drug-likeness (QED) is 0.757. The van der Waals surface area contributed by atoms with Crippen LogP contribution in [0.2, 0.25) is 0 Å². The van der Waals surface area contributed by atoms with E-state index in [2.05, 4.69) is 23.8 Å². The topological polar surface area (TPSA) is 69.3 Å². The maximum absolute atomic E-state index is 6.01. The number of rotatable bonds is 2. The molecule has 0 unspecified atom stereocenters. The molecule has 0 bridgehead atoms. The summed E-state index contributed by atoms with van der Waals surface area (Å²) < 4.78 is 7.04. The largest absolute Gasteiger partial charge is 0.432 e. The third-order valence-electron chi connectivity index (χ3n) is 2.55. The molecule has 0 spiro atoms. The van der Waals surface area contributed by atoms with Gasteiger partial charge in [-0.1, -0.05) is 13.8 Å². The number of nitrogens with two attached hydrogens (primary N) is 1. The van der Waals surface area contributed by atoms with E-state index in [4.69, 9.17) is 10.2 Å². The normalized spacial score (nSPS) is 11.7. The van der Waals surface area contributed by atoms with Crippen LogP contribution < -0.4 is 5.73 Å². The molecule has 0 aliphatic carbocycles. The van der Waals surface area contributed by atoms with E-state index in [0.29, 0.717) is 11.8 Å². The number of oxazole rings is 1. The minimum absolute atomic E-state index is 0.379. The minimum atomic E-state index is 0.379. The van der Waals surface area contributed by atoms with E-state index >= 15 is 0 Å². The predicted octanol–water partition coefficient (Wildman–Crippen LogP) is 2.76. The molecule has 3 aromatic rings. The number of thiazole rings is 1. The van der Waals surface area contributed by atoms with Crippen LogP contribution in [-0.4, -0.2) is 14.4 Å². The Kier molecular flexibility index (Phi) is 2.19. The molecule has 0 saturated heterocycles. The van der Waals surface area contributed by atoms with E-state index in [1.54, 1.807) is 12.5 Å². The van der Waals surface area contributed by atoms with Crippen LogP contribution in [0.5, 0.6) is 0 Å². The number of nitrogen functional groups attached to an aromatic ring is 1.